The third kappa shape index (κ3) is 9.13. The largest absolute Gasteiger partial charge is 0.665 e. The van der Waals surface area contributed by atoms with Crippen molar-refractivity contribution in [3.8, 4) is 0 Å². The molecule has 0 aliphatic heterocycles. The lowest BCUT2D eigenvalue weighted by Gasteiger charge is -2.26. The fourth-order valence-corrected chi connectivity index (χ4v) is 1.79. The minimum atomic E-state index is 0.251. The summed E-state index contributed by atoms with van der Waals surface area (Å²) in [5.41, 5.74) is 0. The first-order valence-corrected chi connectivity index (χ1v) is 6.32. The maximum atomic E-state index is 5.86. The molecule has 0 amide bonds. The maximum absolute atomic E-state index is 5.86. The van der Waals surface area contributed by atoms with Crippen molar-refractivity contribution in [2.24, 2.45) is 0 Å². The van der Waals surface area contributed by atoms with Crippen LogP contribution in [0.15, 0.2) is 0 Å². The fraction of sp³-hybridized carbons (Fsp3) is 1.00. The molecule has 0 rings (SSSR count). The first-order valence-electron chi connectivity index (χ1n) is 6.32. The Balaban J connectivity index is 3.97. The quantitative estimate of drug-likeness (QED) is 0.608. The summed E-state index contributed by atoms with van der Waals surface area (Å²) in [5, 5.41) is 4.13. The summed E-state index contributed by atoms with van der Waals surface area (Å²) in [6.07, 6.45) is 3.00. The van der Waals surface area contributed by atoms with E-state index < -0.39 is 0 Å². The van der Waals surface area contributed by atoms with Crippen molar-refractivity contribution in [3.63, 3.8) is 0 Å². The second kappa shape index (κ2) is 8.97. The van der Waals surface area contributed by atoms with Crippen LogP contribution in [0, 0.1) is 0 Å². The van der Waals surface area contributed by atoms with Crippen molar-refractivity contribution < 1.29 is 9.47 Å². The van der Waals surface area contributed by atoms with Gasteiger partial charge in [-0.05, 0) is 47.5 Å². The second-order valence-electron chi connectivity index (χ2n) is 4.87. The van der Waals surface area contributed by atoms with E-state index in [2.05, 4.69) is 39.9 Å². The van der Waals surface area contributed by atoms with Crippen LogP contribution in [0.3, 0.4) is 0 Å². The van der Waals surface area contributed by atoms with Gasteiger partial charge in [-0.25, -0.2) is 0 Å². The van der Waals surface area contributed by atoms with Gasteiger partial charge in [0.05, 0.1) is 24.4 Å². The summed E-state index contributed by atoms with van der Waals surface area (Å²) in [6.45, 7) is 11.3. The first kappa shape index (κ1) is 15.9. The van der Waals surface area contributed by atoms with Gasteiger partial charge in [-0.2, -0.15) is 7.05 Å². The van der Waals surface area contributed by atoms with Crippen LogP contribution in [-0.4, -0.2) is 38.0 Å². The molecular weight excluding hydrogens is 202 g/mol. The van der Waals surface area contributed by atoms with E-state index in [9.17, 15) is 0 Å². The van der Waals surface area contributed by atoms with Crippen LogP contribution in [0.5, 0.6) is 0 Å². The SMILES string of the molecule is C[N-]CC[C@@H](C[C@H](C)OC(C)C)OC(C)C. The van der Waals surface area contributed by atoms with Crippen molar-refractivity contribution in [1.29, 1.82) is 0 Å². The number of rotatable bonds is 9. The van der Waals surface area contributed by atoms with Crippen molar-refractivity contribution in [1.82, 2.24) is 0 Å². The molecule has 0 aliphatic carbocycles. The van der Waals surface area contributed by atoms with Crippen LogP contribution < -0.4 is 0 Å². The predicted molar refractivity (Wildman–Crippen MR) is 69.1 cm³/mol. The van der Waals surface area contributed by atoms with Gasteiger partial charge in [0.2, 0.25) is 0 Å². The number of ether oxygens (including phenoxy) is 2. The molecule has 0 spiro atoms. The Hall–Kier alpha value is -0.120. The highest BCUT2D eigenvalue weighted by molar-refractivity contribution is 4.75. The molecule has 3 nitrogen and oxygen atoms in total. The zero-order valence-electron chi connectivity index (χ0n) is 11.7. The second-order valence-corrected chi connectivity index (χ2v) is 4.87. The number of hydrogen-bond donors (Lipinski definition) is 0. The highest BCUT2D eigenvalue weighted by Crippen LogP contribution is 2.14. The van der Waals surface area contributed by atoms with Crippen LogP contribution in [0.1, 0.15) is 47.5 Å². The van der Waals surface area contributed by atoms with Crippen molar-refractivity contribution in [2.75, 3.05) is 13.6 Å². The van der Waals surface area contributed by atoms with Gasteiger partial charge >= 0.3 is 0 Å². The molecule has 0 aromatic carbocycles. The van der Waals surface area contributed by atoms with Gasteiger partial charge in [-0.15, -0.1) is 6.54 Å². The van der Waals surface area contributed by atoms with E-state index in [1.807, 2.05) is 7.05 Å². The van der Waals surface area contributed by atoms with E-state index in [1.165, 1.54) is 0 Å². The summed E-state index contributed by atoms with van der Waals surface area (Å²) in [4.78, 5) is 0. The predicted octanol–water partition coefficient (Wildman–Crippen LogP) is 3.38. The molecule has 0 aliphatic rings. The summed E-state index contributed by atoms with van der Waals surface area (Å²) in [5.74, 6) is 0. The molecule has 3 heteroatoms. The van der Waals surface area contributed by atoms with Crippen LogP contribution in [0.25, 0.3) is 5.32 Å². The minimum absolute atomic E-state index is 0.251. The fourth-order valence-electron chi connectivity index (χ4n) is 1.79. The lowest BCUT2D eigenvalue weighted by molar-refractivity contribution is -0.0504. The molecule has 98 valence electrons. The third-order valence-corrected chi connectivity index (χ3v) is 2.24. The van der Waals surface area contributed by atoms with Gasteiger partial charge in [0.25, 0.3) is 0 Å². The molecule has 0 fully saturated rings. The molecule has 0 bridgehead atoms. The van der Waals surface area contributed by atoms with Gasteiger partial charge in [0.1, 0.15) is 0 Å². The number of nitrogens with zero attached hydrogens (tertiary/aromatic N) is 1. The summed E-state index contributed by atoms with van der Waals surface area (Å²) in [6, 6.07) is 0. The third-order valence-electron chi connectivity index (χ3n) is 2.24. The molecule has 0 heterocycles. The molecule has 0 saturated carbocycles. The maximum Gasteiger partial charge on any atom is 0.0586 e. The Kier molecular flexibility index (Phi) is 8.90. The number of hydrogen-bond acceptors (Lipinski definition) is 2. The standard InChI is InChI=1S/C13H28NO2/c1-10(2)15-12(5)9-13(7-8-14-6)16-11(3)4/h10-13H,7-9H2,1-6H3/q-1/t12-,13-/m0/s1. The Labute approximate surface area is 101 Å². The highest BCUT2D eigenvalue weighted by Gasteiger charge is 2.15. The molecule has 0 aromatic heterocycles. The Morgan fingerprint density at radius 2 is 1.50 bits per heavy atom. The monoisotopic (exact) mass is 230 g/mol. The van der Waals surface area contributed by atoms with Gasteiger partial charge < -0.3 is 14.8 Å². The summed E-state index contributed by atoms with van der Waals surface area (Å²) in [7, 11) is 1.85. The topological polar surface area (TPSA) is 32.6 Å². The lowest BCUT2D eigenvalue weighted by atomic mass is 10.1. The zero-order chi connectivity index (χ0) is 12.6. The van der Waals surface area contributed by atoms with Gasteiger partial charge in [0.15, 0.2) is 0 Å². The Bertz CT molecular complexity index is 160. The molecular formula is C13H28NO2-. The molecule has 0 saturated heterocycles. The lowest BCUT2D eigenvalue weighted by Crippen LogP contribution is -2.26. The van der Waals surface area contributed by atoms with E-state index in [0.717, 1.165) is 19.4 Å². The minimum Gasteiger partial charge on any atom is -0.665 e. The van der Waals surface area contributed by atoms with E-state index in [0.29, 0.717) is 0 Å². The molecule has 0 aromatic rings. The van der Waals surface area contributed by atoms with E-state index >= 15 is 0 Å². The molecule has 2 atom stereocenters. The average Bonchev–Trinajstić information content (AvgIpc) is 2.11. The molecule has 16 heavy (non-hydrogen) atoms. The van der Waals surface area contributed by atoms with Crippen molar-refractivity contribution in [3.05, 3.63) is 5.32 Å². The van der Waals surface area contributed by atoms with Gasteiger partial charge in [0, 0.05) is 0 Å². The van der Waals surface area contributed by atoms with Gasteiger partial charge in [-0.1, -0.05) is 0 Å². The first-order chi connectivity index (χ1) is 7.45. The van der Waals surface area contributed by atoms with Gasteiger partial charge in [-0.3, -0.25) is 0 Å². The van der Waals surface area contributed by atoms with Crippen molar-refractivity contribution in [2.45, 2.75) is 71.9 Å². The normalized spacial score (nSPS) is 15.8. The van der Waals surface area contributed by atoms with Crippen LogP contribution in [0.4, 0.5) is 0 Å². The summed E-state index contributed by atoms with van der Waals surface area (Å²) < 4.78 is 11.6. The van der Waals surface area contributed by atoms with Crippen LogP contribution in [-0.2, 0) is 9.47 Å². The summed E-state index contributed by atoms with van der Waals surface area (Å²) >= 11 is 0. The Morgan fingerprint density at radius 3 is 1.94 bits per heavy atom. The van der Waals surface area contributed by atoms with Crippen molar-refractivity contribution >= 4 is 0 Å². The Morgan fingerprint density at radius 1 is 0.938 bits per heavy atom. The van der Waals surface area contributed by atoms with Crippen LogP contribution in [0.2, 0.25) is 0 Å². The smallest absolute Gasteiger partial charge is 0.0586 e. The van der Waals surface area contributed by atoms with E-state index in [1.54, 1.807) is 0 Å². The van der Waals surface area contributed by atoms with E-state index in [-0.39, 0.29) is 24.4 Å². The average molecular weight is 230 g/mol. The van der Waals surface area contributed by atoms with E-state index in [4.69, 9.17) is 9.47 Å². The zero-order valence-corrected chi connectivity index (χ0v) is 11.7. The van der Waals surface area contributed by atoms with Crippen LogP contribution >= 0.6 is 0 Å². The molecule has 0 radical (unpaired) electrons. The molecule has 0 N–H and O–H groups in total. The highest BCUT2D eigenvalue weighted by atomic mass is 16.5. The molecule has 0 unspecified atom stereocenters.